The Kier molecular flexibility index (Phi) is 6.66. The van der Waals surface area contributed by atoms with Gasteiger partial charge in [-0.1, -0.05) is 164 Å². The van der Waals surface area contributed by atoms with Gasteiger partial charge in [0.25, 0.3) is 0 Å². The zero-order chi connectivity index (χ0) is 36.7. The Hall–Kier alpha value is -7.42. The lowest BCUT2D eigenvalue weighted by Crippen LogP contribution is -2.12. The largest absolute Gasteiger partial charge is 0.309 e. The Labute approximate surface area is 324 Å². The summed E-state index contributed by atoms with van der Waals surface area (Å²) in [6, 6.07) is 75.8. The molecule has 0 unspecified atom stereocenters. The molecule has 2 nitrogen and oxygen atoms in total. The van der Waals surface area contributed by atoms with Crippen LogP contribution in [-0.4, -0.2) is 4.57 Å². The number of rotatable bonds is 5. The molecule has 1 heterocycles. The lowest BCUT2D eigenvalue weighted by Gasteiger charge is -2.29. The van der Waals surface area contributed by atoms with Gasteiger partial charge >= 0.3 is 0 Å². The van der Waals surface area contributed by atoms with Crippen molar-refractivity contribution in [2.45, 2.75) is 0 Å². The van der Waals surface area contributed by atoms with Gasteiger partial charge in [-0.3, -0.25) is 0 Å². The molecular formula is C54H34N2. The van der Waals surface area contributed by atoms with Crippen LogP contribution in [0.1, 0.15) is 0 Å². The van der Waals surface area contributed by atoms with E-state index in [0.29, 0.717) is 0 Å². The summed E-state index contributed by atoms with van der Waals surface area (Å²) in [6.07, 6.45) is 0. The number of nitrogens with zero attached hydrogens (tertiary/aromatic N) is 2. The molecule has 0 saturated carbocycles. The molecule has 0 atom stereocenters. The van der Waals surface area contributed by atoms with Crippen LogP contribution in [0.2, 0.25) is 0 Å². The highest BCUT2D eigenvalue weighted by Gasteiger charge is 2.29. The Morgan fingerprint density at radius 1 is 0.339 bits per heavy atom. The first kappa shape index (κ1) is 31.0. The van der Waals surface area contributed by atoms with Gasteiger partial charge in [-0.2, -0.15) is 0 Å². The van der Waals surface area contributed by atoms with Crippen molar-refractivity contribution >= 4 is 71.2 Å². The van der Waals surface area contributed by atoms with E-state index in [4.69, 9.17) is 0 Å². The number of hydrogen-bond acceptors (Lipinski definition) is 1. The minimum absolute atomic E-state index is 1.11. The van der Waals surface area contributed by atoms with Crippen molar-refractivity contribution in [1.82, 2.24) is 4.57 Å². The summed E-state index contributed by atoms with van der Waals surface area (Å²) in [7, 11) is 0. The highest BCUT2D eigenvalue weighted by Crippen LogP contribution is 2.56. The number of fused-ring (bicyclic) bond motifs is 9. The lowest BCUT2D eigenvalue weighted by atomic mass is 9.96. The second-order valence-corrected chi connectivity index (χ2v) is 14.8. The van der Waals surface area contributed by atoms with Crippen LogP contribution >= 0.6 is 0 Å². The number of para-hydroxylation sites is 2. The Bertz CT molecular complexity index is 3370. The molecule has 0 fully saturated rings. The van der Waals surface area contributed by atoms with Gasteiger partial charge in [0.15, 0.2) is 0 Å². The average molecular weight is 711 g/mol. The summed E-state index contributed by atoms with van der Waals surface area (Å²) >= 11 is 0. The molecule has 11 aromatic rings. The number of aromatic nitrogens is 1. The number of hydrogen-bond donors (Lipinski definition) is 0. The maximum Gasteiger partial charge on any atom is 0.0562 e. The monoisotopic (exact) mass is 710 g/mol. The van der Waals surface area contributed by atoms with Crippen LogP contribution in [0.3, 0.4) is 0 Å². The molecule has 1 aliphatic rings. The van der Waals surface area contributed by atoms with Gasteiger partial charge in [0.2, 0.25) is 0 Å². The molecular weight excluding hydrogens is 677 g/mol. The minimum Gasteiger partial charge on any atom is -0.309 e. The molecule has 0 saturated heterocycles. The van der Waals surface area contributed by atoms with Gasteiger partial charge in [0.1, 0.15) is 0 Å². The van der Waals surface area contributed by atoms with E-state index in [-0.39, 0.29) is 0 Å². The Morgan fingerprint density at radius 2 is 0.964 bits per heavy atom. The second-order valence-electron chi connectivity index (χ2n) is 14.8. The van der Waals surface area contributed by atoms with E-state index in [9.17, 15) is 0 Å². The van der Waals surface area contributed by atoms with Gasteiger partial charge in [-0.15, -0.1) is 0 Å². The zero-order valence-electron chi connectivity index (χ0n) is 30.5. The first-order valence-electron chi connectivity index (χ1n) is 19.4. The van der Waals surface area contributed by atoms with Crippen molar-refractivity contribution in [2.24, 2.45) is 0 Å². The topological polar surface area (TPSA) is 8.17 Å². The minimum atomic E-state index is 1.11. The summed E-state index contributed by atoms with van der Waals surface area (Å²) in [5, 5.41) is 10.1. The summed E-state index contributed by atoms with van der Waals surface area (Å²) < 4.78 is 2.47. The SMILES string of the molecule is c1ccc(-c2ccccc2-n2c3ccccc3c3ccc(N(c4cccc5c4-c4cccc6cc7ccccc7c-5c46)c4cccc5ccccc45)cc32)cc1. The summed E-state index contributed by atoms with van der Waals surface area (Å²) in [5.74, 6) is 0. The molecule has 1 aliphatic carbocycles. The third kappa shape index (κ3) is 4.44. The third-order valence-corrected chi connectivity index (χ3v) is 11.9. The summed E-state index contributed by atoms with van der Waals surface area (Å²) in [5.41, 5.74) is 14.5. The van der Waals surface area contributed by atoms with Gasteiger partial charge in [-0.05, 0) is 91.6 Å². The molecule has 56 heavy (non-hydrogen) atoms. The van der Waals surface area contributed by atoms with Crippen LogP contribution in [0.15, 0.2) is 206 Å². The van der Waals surface area contributed by atoms with E-state index in [1.165, 1.54) is 93.2 Å². The zero-order valence-corrected chi connectivity index (χ0v) is 30.5. The van der Waals surface area contributed by atoms with Crippen LogP contribution in [-0.2, 0) is 0 Å². The molecule has 0 radical (unpaired) electrons. The molecule has 10 aromatic carbocycles. The first-order chi connectivity index (χ1) is 27.8. The third-order valence-electron chi connectivity index (χ3n) is 11.9. The van der Waals surface area contributed by atoms with Crippen LogP contribution in [0.25, 0.3) is 93.2 Å². The quantitative estimate of drug-likeness (QED) is 0.161. The van der Waals surface area contributed by atoms with Crippen molar-refractivity contribution in [3.8, 4) is 39.1 Å². The van der Waals surface area contributed by atoms with Gasteiger partial charge < -0.3 is 9.47 Å². The predicted molar refractivity (Wildman–Crippen MR) is 238 cm³/mol. The van der Waals surface area contributed by atoms with E-state index in [1.807, 2.05) is 0 Å². The fraction of sp³-hybridized carbons (Fsp3) is 0. The smallest absolute Gasteiger partial charge is 0.0562 e. The maximum atomic E-state index is 2.51. The van der Waals surface area contributed by atoms with Gasteiger partial charge in [-0.25, -0.2) is 0 Å². The average Bonchev–Trinajstić information content (AvgIpc) is 3.78. The highest BCUT2D eigenvalue weighted by atomic mass is 15.1. The Balaban J connectivity index is 1.18. The van der Waals surface area contributed by atoms with Crippen LogP contribution in [0, 0.1) is 0 Å². The fourth-order valence-electron chi connectivity index (χ4n) is 9.53. The van der Waals surface area contributed by atoms with Crippen molar-refractivity contribution in [1.29, 1.82) is 0 Å². The van der Waals surface area contributed by atoms with Crippen LogP contribution in [0.4, 0.5) is 17.1 Å². The van der Waals surface area contributed by atoms with Crippen molar-refractivity contribution < 1.29 is 0 Å². The predicted octanol–water partition coefficient (Wildman–Crippen LogP) is 15.0. The van der Waals surface area contributed by atoms with Crippen molar-refractivity contribution in [3.63, 3.8) is 0 Å². The van der Waals surface area contributed by atoms with E-state index in [1.54, 1.807) is 0 Å². The number of benzene rings is 10. The van der Waals surface area contributed by atoms with Crippen molar-refractivity contribution in [2.75, 3.05) is 4.90 Å². The molecule has 0 aliphatic heterocycles. The molecule has 0 bridgehead atoms. The van der Waals surface area contributed by atoms with E-state index < -0.39 is 0 Å². The second kappa shape index (κ2) is 12.0. The molecule has 12 rings (SSSR count). The first-order valence-corrected chi connectivity index (χ1v) is 19.4. The molecule has 0 N–H and O–H groups in total. The standard InChI is InChI=1S/C54H34N2/c1-2-15-35(16-3-1)41-22-8-10-27-48(41)56-49-28-11-9-24-43(49)44-32-31-39(34-51(44)56)55(47-29-13-19-36-17-4-6-21-40(36)47)50-30-14-26-46-53(50)45-25-12-20-38-33-37-18-5-7-23-42(37)54(46)52(38)45/h1-34H. The molecule has 1 aromatic heterocycles. The van der Waals surface area contributed by atoms with Gasteiger partial charge in [0.05, 0.1) is 28.1 Å². The summed E-state index contributed by atoms with van der Waals surface area (Å²) in [6.45, 7) is 0. The van der Waals surface area contributed by atoms with E-state index in [2.05, 4.69) is 216 Å². The summed E-state index contributed by atoms with van der Waals surface area (Å²) in [4.78, 5) is 2.51. The van der Waals surface area contributed by atoms with Crippen molar-refractivity contribution in [3.05, 3.63) is 206 Å². The van der Waals surface area contributed by atoms with Gasteiger partial charge in [0, 0.05) is 33.0 Å². The van der Waals surface area contributed by atoms with Crippen LogP contribution < -0.4 is 4.90 Å². The Morgan fingerprint density at radius 3 is 1.88 bits per heavy atom. The molecule has 260 valence electrons. The molecule has 0 spiro atoms. The fourth-order valence-corrected chi connectivity index (χ4v) is 9.53. The number of anilines is 3. The molecule has 2 heteroatoms. The van der Waals surface area contributed by atoms with E-state index in [0.717, 1.165) is 17.1 Å². The highest BCUT2D eigenvalue weighted by molar-refractivity contribution is 6.26. The molecule has 0 amide bonds. The lowest BCUT2D eigenvalue weighted by molar-refractivity contribution is 1.18. The van der Waals surface area contributed by atoms with E-state index >= 15 is 0 Å². The maximum absolute atomic E-state index is 2.51. The normalized spacial score (nSPS) is 11.9. The van der Waals surface area contributed by atoms with Crippen LogP contribution in [0.5, 0.6) is 0 Å².